The molecule has 0 bridgehead atoms. The van der Waals surface area contributed by atoms with E-state index in [0.29, 0.717) is 43.2 Å². The first-order valence-electron chi connectivity index (χ1n) is 9.64. The van der Waals surface area contributed by atoms with Crippen molar-refractivity contribution in [1.82, 2.24) is 14.9 Å². The van der Waals surface area contributed by atoms with E-state index in [1.54, 1.807) is 44.0 Å². The Morgan fingerprint density at radius 1 is 1.10 bits per heavy atom. The third-order valence-corrected chi connectivity index (χ3v) is 6.40. The molecule has 2 aromatic heterocycles. The number of nitrogens with zero attached hydrogens (tertiary/aromatic N) is 4. The molecule has 0 unspecified atom stereocenters. The first kappa shape index (κ1) is 19.4. The summed E-state index contributed by atoms with van der Waals surface area (Å²) in [6.07, 6.45) is 2.62. The van der Waals surface area contributed by atoms with E-state index < -0.39 is 0 Å². The van der Waals surface area contributed by atoms with Crippen LogP contribution >= 0.6 is 11.3 Å². The van der Waals surface area contributed by atoms with Crippen LogP contribution in [0.25, 0.3) is 10.2 Å². The maximum Gasteiger partial charge on any atom is 0.261 e. The molecular formula is C21H24N4O3S. The first-order valence-corrected chi connectivity index (χ1v) is 10.5. The highest BCUT2D eigenvalue weighted by atomic mass is 32.1. The number of rotatable bonds is 5. The number of carbonyl (C=O) groups is 1. The molecule has 8 heteroatoms. The molecule has 3 heterocycles. The number of anilines is 1. The second-order valence-electron chi connectivity index (χ2n) is 6.80. The lowest BCUT2D eigenvalue weighted by atomic mass is 10.1. The monoisotopic (exact) mass is 412 g/mol. The fourth-order valence-electron chi connectivity index (χ4n) is 3.66. The van der Waals surface area contributed by atoms with Gasteiger partial charge >= 0.3 is 0 Å². The molecule has 1 aromatic carbocycles. The molecule has 0 radical (unpaired) electrons. The smallest absolute Gasteiger partial charge is 0.261 e. The van der Waals surface area contributed by atoms with E-state index in [4.69, 9.17) is 9.47 Å². The molecule has 1 aliphatic heterocycles. The van der Waals surface area contributed by atoms with Crippen LogP contribution in [0.4, 0.5) is 5.82 Å². The van der Waals surface area contributed by atoms with E-state index in [0.717, 1.165) is 22.5 Å². The fraction of sp³-hybridized carbons (Fsp3) is 0.381. The Bertz CT molecular complexity index is 1010. The Kier molecular flexibility index (Phi) is 5.53. The summed E-state index contributed by atoms with van der Waals surface area (Å²) in [5, 5.41) is 1.10. The molecule has 152 valence electrons. The molecule has 0 aliphatic carbocycles. The minimum atomic E-state index is -0.0735. The van der Waals surface area contributed by atoms with Gasteiger partial charge in [-0.05, 0) is 24.6 Å². The van der Waals surface area contributed by atoms with E-state index >= 15 is 0 Å². The van der Waals surface area contributed by atoms with Gasteiger partial charge in [-0.2, -0.15) is 0 Å². The van der Waals surface area contributed by atoms with Crippen molar-refractivity contribution in [2.24, 2.45) is 0 Å². The summed E-state index contributed by atoms with van der Waals surface area (Å²) in [7, 11) is 3.13. The van der Waals surface area contributed by atoms with Crippen LogP contribution in [-0.4, -0.2) is 61.2 Å². The molecule has 7 nitrogen and oxygen atoms in total. The van der Waals surface area contributed by atoms with Crippen LogP contribution in [0.5, 0.6) is 11.5 Å². The zero-order valence-electron chi connectivity index (χ0n) is 16.8. The molecule has 1 aliphatic rings. The summed E-state index contributed by atoms with van der Waals surface area (Å²) in [6.45, 7) is 4.79. The maximum atomic E-state index is 13.2. The minimum Gasteiger partial charge on any atom is -0.496 e. The van der Waals surface area contributed by atoms with Crippen LogP contribution in [-0.2, 0) is 6.42 Å². The standard InChI is InChI=1S/C21H24N4O3S/c1-4-14-12-15-19(22-13-23-20(15)29-14)24-8-10-25(11-9-24)21(26)18-16(27-2)6-5-7-17(18)28-3/h5-7,12-13H,4,8-11H2,1-3H3. The number of carbonyl (C=O) groups excluding carboxylic acids is 1. The Balaban J connectivity index is 1.54. The summed E-state index contributed by atoms with van der Waals surface area (Å²) in [4.78, 5) is 28.5. The Labute approximate surface area is 173 Å². The van der Waals surface area contributed by atoms with Crippen LogP contribution in [0.3, 0.4) is 0 Å². The molecule has 29 heavy (non-hydrogen) atoms. The topological polar surface area (TPSA) is 67.8 Å². The van der Waals surface area contributed by atoms with Gasteiger partial charge in [-0.25, -0.2) is 9.97 Å². The molecule has 1 fully saturated rings. The van der Waals surface area contributed by atoms with E-state index in [-0.39, 0.29) is 5.91 Å². The van der Waals surface area contributed by atoms with Crippen LogP contribution in [0.2, 0.25) is 0 Å². The second-order valence-corrected chi connectivity index (χ2v) is 7.91. The highest BCUT2D eigenvalue weighted by Gasteiger charge is 2.28. The summed E-state index contributed by atoms with van der Waals surface area (Å²) in [5.74, 6) is 1.93. The van der Waals surface area contributed by atoms with E-state index in [2.05, 4.69) is 27.9 Å². The molecule has 4 rings (SSSR count). The van der Waals surface area contributed by atoms with E-state index in [1.165, 1.54) is 4.88 Å². The van der Waals surface area contributed by atoms with Gasteiger partial charge < -0.3 is 19.3 Å². The third kappa shape index (κ3) is 3.60. The highest BCUT2D eigenvalue weighted by molar-refractivity contribution is 7.18. The van der Waals surface area contributed by atoms with Crippen molar-refractivity contribution in [3.63, 3.8) is 0 Å². The number of aromatic nitrogens is 2. The van der Waals surface area contributed by atoms with Gasteiger partial charge in [0.25, 0.3) is 5.91 Å². The maximum absolute atomic E-state index is 13.2. The molecular weight excluding hydrogens is 388 g/mol. The van der Waals surface area contributed by atoms with Gasteiger partial charge in [-0.15, -0.1) is 11.3 Å². The molecule has 0 spiro atoms. The number of aryl methyl sites for hydroxylation is 1. The first-order chi connectivity index (χ1) is 14.2. The van der Waals surface area contributed by atoms with E-state index in [1.807, 2.05) is 11.0 Å². The van der Waals surface area contributed by atoms with Gasteiger partial charge in [-0.1, -0.05) is 13.0 Å². The number of piperazine rings is 1. The Morgan fingerprint density at radius 3 is 2.41 bits per heavy atom. The van der Waals surface area contributed by atoms with E-state index in [9.17, 15) is 4.79 Å². The summed E-state index contributed by atoms with van der Waals surface area (Å²) in [6, 6.07) is 7.57. The van der Waals surface area contributed by atoms with Crippen molar-refractivity contribution in [2.75, 3.05) is 45.3 Å². The zero-order chi connectivity index (χ0) is 20.4. The van der Waals surface area contributed by atoms with Gasteiger partial charge in [-0.3, -0.25) is 4.79 Å². The summed E-state index contributed by atoms with van der Waals surface area (Å²) in [5.41, 5.74) is 0.473. The van der Waals surface area contributed by atoms with Crippen LogP contribution < -0.4 is 14.4 Å². The predicted octanol–water partition coefficient (Wildman–Crippen LogP) is 3.23. The van der Waals surface area contributed by atoms with Crippen molar-refractivity contribution >= 4 is 33.3 Å². The summed E-state index contributed by atoms with van der Waals surface area (Å²) >= 11 is 1.72. The fourth-order valence-corrected chi connectivity index (χ4v) is 4.59. The number of hydrogen-bond donors (Lipinski definition) is 0. The third-order valence-electron chi connectivity index (χ3n) is 5.22. The number of ether oxygens (including phenoxy) is 2. The number of benzene rings is 1. The van der Waals surface area contributed by atoms with Gasteiger partial charge in [0.15, 0.2) is 0 Å². The number of amides is 1. The normalized spacial score (nSPS) is 14.3. The molecule has 0 saturated carbocycles. The van der Waals surface area contributed by atoms with Gasteiger partial charge in [0, 0.05) is 31.1 Å². The van der Waals surface area contributed by atoms with Crippen molar-refractivity contribution in [3.05, 3.63) is 41.0 Å². The van der Waals surface area contributed by atoms with Crippen molar-refractivity contribution in [3.8, 4) is 11.5 Å². The largest absolute Gasteiger partial charge is 0.496 e. The molecule has 3 aromatic rings. The quantitative estimate of drug-likeness (QED) is 0.641. The van der Waals surface area contributed by atoms with Gasteiger partial charge in [0.1, 0.15) is 34.0 Å². The van der Waals surface area contributed by atoms with Crippen LogP contribution in [0.1, 0.15) is 22.2 Å². The van der Waals surface area contributed by atoms with Crippen LogP contribution in [0.15, 0.2) is 30.6 Å². The Hall–Kier alpha value is -2.87. The number of methoxy groups -OCH3 is 2. The van der Waals surface area contributed by atoms with Gasteiger partial charge in [0.2, 0.25) is 0 Å². The molecule has 1 saturated heterocycles. The van der Waals surface area contributed by atoms with Crippen molar-refractivity contribution in [1.29, 1.82) is 0 Å². The Morgan fingerprint density at radius 2 is 1.79 bits per heavy atom. The van der Waals surface area contributed by atoms with Crippen molar-refractivity contribution < 1.29 is 14.3 Å². The lowest BCUT2D eigenvalue weighted by Crippen LogP contribution is -2.49. The lowest BCUT2D eigenvalue weighted by molar-refractivity contribution is 0.0739. The SMILES string of the molecule is CCc1cc2c(N3CCN(C(=O)c4c(OC)cccc4OC)CC3)ncnc2s1. The second kappa shape index (κ2) is 8.24. The van der Waals surface area contributed by atoms with Crippen LogP contribution in [0, 0.1) is 0 Å². The number of hydrogen-bond acceptors (Lipinski definition) is 7. The zero-order valence-corrected chi connectivity index (χ0v) is 17.7. The number of thiophene rings is 1. The predicted molar refractivity (Wildman–Crippen MR) is 114 cm³/mol. The number of fused-ring (bicyclic) bond motifs is 1. The molecule has 0 N–H and O–H groups in total. The molecule has 1 amide bonds. The summed E-state index contributed by atoms with van der Waals surface area (Å²) < 4.78 is 10.8. The molecule has 0 atom stereocenters. The lowest BCUT2D eigenvalue weighted by Gasteiger charge is -2.36. The highest BCUT2D eigenvalue weighted by Crippen LogP contribution is 2.32. The van der Waals surface area contributed by atoms with Crippen molar-refractivity contribution in [2.45, 2.75) is 13.3 Å². The van der Waals surface area contributed by atoms with Gasteiger partial charge in [0.05, 0.1) is 19.6 Å². The minimum absolute atomic E-state index is 0.0735. The average Bonchev–Trinajstić information content (AvgIpc) is 3.21. The average molecular weight is 413 g/mol.